The quantitative estimate of drug-likeness (QED) is 0.566. The third kappa shape index (κ3) is 396. The molecule has 0 atom stereocenters. The number of halogens is 6. The van der Waals surface area contributed by atoms with Crippen molar-refractivity contribution < 1.29 is 58.2 Å². The zero-order chi connectivity index (χ0) is 0. The van der Waals surface area contributed by atoms with Crippen LogP contribution < -0.4 is 0 Å². The maximum Gasteiger partial charge on any atom is 0 e. The fourth-order valence-electron chi connectivity index (χ4n) is 0. The number of hydrogen-bond donors (Lipinski definition) is 0. The van der Waals surface area contributed by atoms with Crippen molar-refractivity contribution in [2.45, 2.75) is 0 Å². The smallest absolute Gasteiger partial charge is 0 e. The summed E-state index contributed by atoms with van der Waals surface area (Å²) in [5.41, 5.74) is 0. The summed E-state index contributed by atoms with van der Waals surface area (Å²) in [6.45, 7) is 0. The molecule has 0 fully saturated rings. The summed E-state index contributed by atoms with van der Waals surface area (Å²) in [7, 11) is 0. The number of rotatable bonds is 0. The van der Waals surface area contributed by atoms with Gasteiger partial charge in [0.2, 0.25) is 0 Å². The Balaban J connectivity index is 0. The first-order valence-corrected chi connectivity index (χ1v) is 0. The van der Waals surface area contributed by atoms with Crippen LogP contribution in [0.5, 0.6) is 0 Å². The molecule has 53 valence electrons. The first-order valence-electron chi connectivity index (χ1n) is 0. The van der Waals surface area contributed by atoms with Crippen molar-refractivity contribution in [2.75, 3.05) is 0 Å². The van der Waals surface area contributed by atoms with Crippen LogP contribution in [0.15, 0.2) is 0 Å². The van der Waals surface area contributed by atoms with Gasteiger partial charge in [-0.3, -0.25) is 28.2 Å². The van der Waals surface area contributed by atoms with Crippen LogP contribution in [0.3, 0.4) is 0 Å². The molecule has 0 aliphatic rings. The van der Waals surface area contributed by atoms with E-state index < -0.39 is 0 Å². The van der Waals surface area contributed by atoms with Crippen molar-refractivity contribution in [1.82, 2.24) is 0 Å². The molecule has 0 rings (SSSR count). The van der Waals surface area contributed by atoms with Crippen LogP contribution >= 0.6 is 0 Å². The molecule has 0 heterocycles. The molecule has 0 aliphatic carbocycles. The predicted octanol–water partition coefficient (Wildman–Crippen LogP) is 0.915. The Labute approximate surface area is 58.5 Å². The number of hydrogen-bond acceptors (Lipinski definition) is 0. The molecule has 0 saturated carbocycles. The van der Waals surface area contributed by atoms with Crippen LogP contribution in [0.1, 0.15) is 0 Å². The Kier molecular flexibility index (Phi) is 78600. The minimum absolute atomic E-state index is 0. The molecule has 0 nitrogen and oxygen atoms in total. The van der Waals surface area contributed by atoms with Gasteiger partial charge < -0.3 is 0 Å². The van der Waals surface area contributed by atoms with E-state index in [4.69, 9.17) is 0 Å². The van der Waals surface area contributed by atoms with Crippen molar-refractivity contribution >= 4 is 0 Å². The second-order valence-electron chi connectivity index (χ2n) is 0. The first-order chi connectivity index (χ1) is 0. The average Bonchev–Trinajstić information content (AvgIpc) is 0. The van der Waals surface area contributed by atoms with Crippen LogP contribution in [-0.2, 0) is 0 Å². The molecule has 0 aliphatic heterocycles. The third-order valence-electron chi connectivity index (χ3n) is 0. The molecule has 1 radical (unpaired) electrons. The fourth-order valence-corrected chi connectivity index (χ4v) is 0. The Morgan fingerprint density at radius 3 is 0.286 bits per heavy atom. The van der Waals surface area contributed by atoms with Gasteiger partial charge in [-0.2, -0.15) is 0 Å². The van der Waals surface area contributed by atoms with Crippen LogP contribution in [0, 0.1) is 29.9 Å². The van der Waals surface area contributed by atoms with Crippen molar-refractivity contribution in [3.05, 3.63) is 0 Å². The Morgan fingerprint density at radius 2 is 0.286 bits per heavy atom. The van der Waals surface area contributed by atoms with Crippen LogP contribution in [0.4, 0.5) is 28.2 Å². The van der Waals surface area contributed by atoms with Crippen molar-refractivity contribution in [1.29, 1.82) is 0 Å². The summed E-state index contributed by atoms with van der Waals surface area (Å²) in [6.07, 6.45) is 0. The summed E-state index contributed by atoms with van der Waals surface area (Å²) < 4.78 is 0. The molecule has 7 heteroatoms. The molecular weight excluding hydrogens is 351 g/mol. The SMILES string of the molecule is F.F.F.F.F.F.[Np]. The van der Waals surface area contributed by atoms with Gasteiger partial charge in [-0.15, -0.1) is 0 Å². The summed E-state index contributed by atoms with van der Waals surface area (Å²) in [4.78, 5) is 0. The van der Waals surface area contributed by atoms with Crippen molar-refractivity contribution in [3.63, 3.8) is 0 Å². The van der Waals surface area contributed by atoms with E-state index in [-0.39, 0.29) is 58.2 Å². The van der Waals surface area contributed by atoms with E-state index in [1.807, 2.05) is 0 Å². The summed E-state index contributed by atoms with van der Waals surface area (Å²) >= 11 is 0. The molecular formula is H6F6Np. The van der Waals surface area contributed by atoms with E-state index in [0.717, 1.165) is 0 Å². The predicted molar refractivity (Wildman–Crippen MR) is 15.0 cm³/mol. The van der Waals surface area contributed by atoms with Gasteiger partial charge in [-0.25, -0.2) is 0 Å². The Bertz CT molecular complexity index is 4.14. The summed E-state index contributed by atoms with van der Waals surface area (Å²) in [5, 5.41) is 0. The zero-order valence-electron chi connectivity index (χ0n) is 2.90. The van der Waals surface area contributed by atoms with Crippen LogP contribution in [0.2, 0.25) is 0 Å². The molecule has 0 bridgehead atoms. The maximum absolute atomic E-state index is 0. The molecule has 7 heavy (non-hydrogen) atoms. The zero-order valence-corrected chi connectivity index (χ0v) is 6.62. The van der Waals surface area contributed by atoms with Gasteiger partial charge >= 0.3 is 0 Å². The molecule has 0 saturated heterocycles. The maximum atomic E-state index is 0. The Hall–Kier alpha value is 0.593. The van der Waals surface area contributed by atoms with Crippen molar-refractivity contribution in [2.24, 2.45) is 0 Å². The standard InChI is InChI=1S/6FH.Np/h6*1H;. The minimum atomic E-state index is 0. The molecule has 0 aromatic carbocycles. The topological polar surface area (TPSA) is 0 Å². The molecule has 0 spiro atoms. The summed E-state index contributed by atoms with van der Waals surface area (Å²) in [5.74, 6) is 0. The molecule has 0 amide bonds. The molecule has 0 aromatic heterocycles. The summed E-state index contributed by atoms with van der Waals surface area (Å²) in [6, 6.07) is 0. The van der Waals surface area contributed by atoms with Crippen molar-refractivity contribution in [3.8, 4) is 0 Å². The van der Waals surface area contributed by atoms with E-state index in [1.165, 1.54) is 0 Å². The van der Waals surface area contributed by atoms with E-state index in [1.54, 1.807) is 0 Å². The molecule has 0 unspecified atom stereocenters. The minimum Gasteiger partial charge on any atom is -0.269 e. The van der Waals surface area contributed by atoms with Gasteiger partial charge in [0, 0.05) is 29.9 Å². The van der Waals surface area contributed by atoms with Gasteiger partial charge in [-0.1, -0.05) is 0 Å². The second-order valence-corrected chi connectivity index (χ2v) is 0. The van der Waals surface area contributed by atoms with Crippen LogP contribution in [0.25, 0.3) is 0 Å². The second kappa shape index (κ2) is 587. The molecule has 0 N–H and O–H groups in total. The van der Waals surface area contributed by atoms with E-state index in [2.05, 4.69) is 0 Å². The average molecular weight is 357 g/mol. The monoisotopic (exact) mass is 356 g/mol. The van der Waals surface area contributed by atoms with Crippen LogP contribution in [-0.4, -0.2) is 0 Å². The van der Waals surface area contributed by atoms with E-state index in [9.17, 15) is 0 Å². The fraction of sp³-hybridized carbons (Fsp3) is 0. The van der Waals surface area contributed by atoms with Gasteiger partial charge in [0.1, 0.15) is 0 Å². The van der Waals surface area contributed by atoms with Gasteiger partial charge in [-0.05, 0) is 0 Å². The Morgan fingerprint density at radius 1 is 0.286 bits per heavy atom. The van der Waals surface area contributed by atoms with Gasteiger partial charge in [0.05, 0.1) is 0 Å². The van der Waals surface area contributed by atoms with E-state index >= 15 is 0 Å². The van der Waals surface area contributed by atoms with Gasteiger partial charge in [0.15, 0.2) is 0 Å². The molecule has 0 aromatic rings. The normalized spacial score (nSPS) is 0. The van der Waals surface area contributed by atoms with E-state index in [0.29, 0.717) is 0 Å². The third-order valence-corrected chi connectivity index (χ3v) is 0. The van der Waals surface area contributed by atoms with Gasteiger partial charge in [0.25, 0.3) is 0 Å². The first kappa shape index (κ1) is 939. The largest absolute Gasteiger partial charge is 0.269 e.